The van der Waals surface area contributed by atoms with Crippen molar-refractivity contribution in [2.75, 3.05) is 19.7 Å². The van der Waals surface area contributed by atoms with Crippen LogP contribution >= 0.6 is 15.9 Å². The number of aryl methyl sites for hydroxylation is 1. The van der Waals surface area contributed by atoms with Gasteiger partial charge in [0.1, 0.15) is 0 Å². The Morgan fingerprint density at radius 1 is 1.47 bits per heavy atom. The van der Waals surface area contributed by atoms with E-state index in [0.29, 0.717) is 13.0 Å². The topological polar surface area (TPSA) is 29.5 Å². The maximum absolute atomic E-state index is 12.1. The average Bonchev–Trinajstić information content (AvgIpc) is 2.41. The van der Waals surface area contributed by atoms with Gasteiger partial charge in [-0.1, -0.05) is 34.1 Å². The van der Waals surface area contributed by atoms with E-state index in [1.165, 1.54) is 5.56 Å². The standard InChI is InChI=1S/C15H20BrNO2/c1-12-11-17(9-10-19-12)15(18)8-4-6-13-5-2-3-7-14(13)16/h2-3,5,7,12H,4,6,8-11H2,1H3/t12-/m1/s1. The van der Waals surface area contributed by atoms with Gasteiger partial charge in [-0.3, -0.25) is 4.79 Å². The highest BCUT2D eigenvalue weighted by molar-refractivity contribution is 9.10. The molecule has 0 N–H and O–H groups in total. The number of rotatable bonds is 4. The number of hydrogen-bond donors (Lipinski definition) is 0. The zero-order valence-electron chi connectivity index (χ0n) is 11.3. The first kappa shape index (κ1) is 14.5. The summed E-state index contributed by atoms with van der Waals surface area (Å²) in [6.45, 7) is 4.14. The van der Waals surface area contributed by atoms with Crippen molar-refractivity contribution in [3.05, 3.63) is 34.3 Å². The Morgan fingerprint density at radius 2 is 2.26 bits per heavy atom. The summed E-state index contributed by atoms with van der Waals surface area (Å²) < 4.78 is 6.57. The summed E-state index contributed by atoms with van der Waals surface area (Å²) in [5.41, 5.74) is 1.27. The number of morpholine rings is 1. The van der Waals surface area contributed by atoms with Gasteiger partial charge in [-0.15, -0.1) is 0 Å². The summed E-state index contributed by atoms with van der Waals surface area (Å²) in [5, 5.41) is 0. The van der Waals surface area contributed by atoms with E-state index >= 15 is 0 Å². The number of carbonyl (C=O) groups is 1. The summed E-state index contributed by atoms with van der Waals surface area (Å²) in [4.78, 5) is 14.0. The van der Waals surface area contributed by atoms with Crippen molar-refractivity contribution in [1.29, 1.82) is 0 Å². The number of ether oxygens (including phenoxy) is 1. The Balaban J connectivity index is 1.76. The van der Waals surface area contributed by atoms with E-state index in [-0.39, 0.29) is 12.0 Å². The predicted octanol–water partition coefficient (Wildman–Crippen LogP) is 3.02. The highest BCUT2D eigenvalue weighted by Gasteiger charge is 2.20. The normalized spacial score (nSPS) is 19.5. The first-order valence-corrected chi connectivity index (χ1v) is 7.59. The highest BCUT2D eigenvalue weighted by atomic mass is 79.9. The Hall–Kier alpha value is -0.870. The molecule has 4 heteroatoms. The molecule has 1 amide bonds. The summed E-state index contributed by atoms with van der Waals surface area (Å²) in [6, 6.07) is 8.19. The molecule has 0 aromatic heterocycles. The number of nitrogens with zero attached hydrogens (tertiary/aromatic N) is 1. The minimum Gasteiger partial charge on any atom is -0.375 e. The van der Waals surface area contributed by atoms with Crippen molar-refractivity contribution in [3.63, 3.8) is 0 Å². The second-order valence-electron chi connectivity index (χ2n) is 4.97. The molecule has 1 aromatic carbocycles. The third-order valence-corrected chi connectivity index (χ3v) is 4.16. The van der Waals surface area contributed by atoms with Gasteiger partial charge in [-0.25, -0.2) is 0 Å². The molecule has 1 saturated heterocycles. The molecular formula is C15H20BrNO2. The number of carbonyl (C=O) groups excluding carboxylic acids is 1. The second kappa shape index (κ2) is 7.06. The lowest BCUT2D eigenvalue weighted by Crippen LogP contribution is -2.44. The summed E-state index contributed by atoms with van der Waals surface area (Å²) >= 11 is 3.54. The second-order valence-corrected chi connectivity index (χ2v) is 5.82. The third-order valence-electron chi connectivity index (χ3n) is 3.39. The van der Waals surface area contributed by atoms with Crippen molar-refractivity contribution < 1.29 is 9.53 Å². The molecule has 3 nitrogen and oxygen atoms in total. The largest absolute Gasteiger partial charge is 0.375 e. The molecule has 0 radical (unpaired) electrons. The van der Waals surface area contributed by atoms with E-state index < -0.39 is 0 Å². The van der Waals surface area contributed by atoms with Crippen LogP contribution in [0.5, 0.6) is 0 Å². The van der Waals surface area contributed by atoms with Crippen molar-refractivity contribution >= 4 is 21.8 Å². The molecule has 2 rings (SSSR count). The average molecular weight is 326 g/mol. The summed E-state index contributed by atoms with van der Waals surface area (Å²) in [7, 11) is 0. The van der Waals surface area contributed by atoms with Crippen LogP contribution < -0.4 is 0 Å². The maximum atomic E-state index is 12.1. The molecule has 19 heavy (non-hydrogen) atoms. The predicted molar refractivity (Wildman–Crippen MR) is 79.1 cm³/mol. The van der Waals surface area contributed by atoms with Crippen LogP contribution in [0, 0.1) is 0 Å². The van der Waals surface area contributed by atoms with Crippen LogP contribution in [0.15, 0.2) is 28.7 Å². The molecule has 1 aliphatic rings. The number of hydrogen-bond acceptors (Lipinski definition) is 2. The molecule has 1 atom stereocenters. The smallest absolute Gasteiger partial charge is 0.222 e. The minimum atomic E-state index is 0.168. The Morgan fingerprint density at radius 3 is 3.00 bits per heavy atom. The Labute approximate surface area is 123 Å². The molecule has 104 valence electrons. The maximum Gasteiger partial charge on any atom is 0.222 e. The van der Waals surface area contributed by atoms with Crippen molar-refractivity contribution in [2.45, 2.75) is 32.3 Å². The van der Waals surface area contributed by atoms with Crippen LogP contribution in [-0.2, 0) is 16.0 Å². The Kier molecular flexibility index (Phi) is 5.40. The fourth-order valence-corrected chi connectivity index (χ4v) is 2.82. The van der Waals surface area contributed by atoms with Crippen LogP contribution in [0.2, 0.25) is 0 Å². The SMILES string of the molecule is C[C@@H]1CN(C(=O)CCCc2ccccc2Br)CCO1. The van der Waals surface area contributed by atoms with Gasteiger partial charge in [0.05, 0.1) is 12.7 Å². The summed E-state index contributed by atoms with van der Waals surface area (Å²) in [6.07, 6.45) is 2.62. The fourth-order valence-electron chi connectivity index (χ4n) is 2.33. The molecule has 0 spiro atoms. The highest BCUT2D eigenvalue weighted by Crippen LogP contribution is 2.18. The zero-order chi connectivity index (χ0) is 13.7. The van der Waals surface area contributed by atoms with E-state index in [0.717, 1.165) is 30.4 Å². The zero-order valence-corrected chi connectivity index (χ0v) is 12.9. The third kappa shape index (κ3) is 4.32. The molecule has 1 aliphatic heterocycles. The molecule has 1 heterocycles. The van der Waals surface area contributed by atoms with E-state index in [4.69, 9.17) is 4.74 Å². The van der Waals surface area contributed by atoms with Gasteiger partial charge >= 0.3 is 0 Å². The van der Waals surface area contributed by atoms with E-state index in [9.17, 15) is 4.79 Å². The molecular weight excluding hydrogens is 306 g/mol. The quantitative estimate of drug-likeness (QED) is 0.851. The van der Waals surface area contributed by atoms with Crippen molar-refractivity contribution in [2.24, 2.45) is 0 Å². The minimum absolute atomic E-state index is 0.168. The first-order chi connectivity index (χ1) is 9.16. The van der Waals surface area contributed by atoms with Crippen LogP contribution in [-0.4, -0.2) is 36.6 Å². The van der Waals surface area contributed by atoms with Crippen LogP contribution in [0.25, 0.3) is 0 Å². The van der Waals surface area contributed by atoms with Gasteiger partial charge in [-0.05, 0) is 31.4 Å². The van der Waals surface area contributed by atoms with Crippen LogP contribution in [0.4, 0.5) is 0 Å². The fraction of sp³-hybridized carbons (Fsp3) is 0.533. The van der Waals surface area contributed by atoms with Gasteiger partial charge < -0.3 is 9.64 Å². The van der Waals surface area contributed by atoms with Crippen molar-refractivity contribution in [1.82, 2.24) is 4.90 Å². The lowest BCUT2D eigenvalue weighted by atomic mass is 10.1. The van der Waals surface area contributed by atoms with Crippen LogP contribution in [0.1, 0.15) is 25.3 Å². The van der Waals surface area contributed by atoms with E-state index in [1.54, 1.807) is 0 Å². The molecule has 0 saturated carbocycles. The first-order valence-electron chi connectivity index (χ1n) is 6.79. The van der Waals surface area contributed by atoms with E-state index in [1.807, 2.05) is 30.0 Å². The number of benzene rings is 1. The van der Waals surface area contributed by atoms with Gasteiger partial charge in [0.25, 0.3) is 0 Å². The summed E-state index contributed by atoms with van der Waals surface area (Å²) in [5.74, 6) is 0.252. The van der Waals surface area contributed by atoms with Gasteiger partial charge in [0.2, 0.25) is 5.91 Å². The number of amides is 1. The molecule has 0 bridgehead atoms. The molecule has 1 fully saturated rings. The van der Waals surface area contributed by atoms with E-state index in [2.05, 4.69) is 22.0 Å². The monoisotopic (exact) mass is 325 g/mol. The molecule has 0 unspecified atom stereocenters. The lowest BCUT2D eigenvalue weighted by Gasteiger charge is -2.31. The number of halogens is 1. The molecule has 0 aliphatic carbocycles. The van der Waals surface area contributed by atoms with Gasteiger partial charge in [0, 0.05) is 24.0 Å². The van der Waals surface area contributed by atoms with Crippen LogP contribution in [0.3, 0.4) is 0 Å². The Bertz CT molecular complexity index is 436. The lowest BCUT2D eigenvalue weighted by molar-refractivity contribution is -0.138. The molecule has 1 aromatic rings. The van der Waals surface area contributed by atoms with Gasteiger partial charge in [-0.2, -0.15) is 0 Å². The van der Waals surface area contributed by atoms with Crippen molar-refractivity contribution in [3.8, 4) is 0 Å². The van der Waals surface area contributed by atoms with Gasteiger partial charge in [0.15, 0.2) is 0 Å².